The van der Waals surface area contributed by atoms with E-state index in [1.54, 1.807) is 0 Å². The predicted molar refractivity (Wildman–Crippen MR) is 65.6 cm³/mol. The lowest BCUT2D eigenvalue weighted by Gasteiger charge is -2.33. The molecule has 0 spiro atoms. The molecule has 1 atom stereocenters. The number of rotatable bonds is 5. The van der Waals surface area contributed by atoms with Gasteiger partial charge in [-0.15, -0.1) is 0 Å². The Morgan fingerprint density at radius 1 is 1.29 bits per heavy atom. The second-order valence-corrected chi connectivity index (χ2v) is 5.17. The normalized spacial score (nSPS) is 20.6. The lowest BCUT2D eigenvalue weighted by atomic mass is 9.74. The molecule has 4 nitrogen and oxygen atoms in total. The molecule has 1 saturated carbocycles. The molecule has 98 valence electrons. The maximum absolute atomic E-state index is 11.7. The molecule has 17 heavy (non-hydrogen) atoms. The van der Waals surface area contributed by atoms with E-state index in [0.29, 0.717) is 12.8 Å². The third-order valence-electron chi connectivity index (χ3n) is 3.93. The van der Waals surface area contributed by atoms with E-state index in [2.05, 4.69) is 5.32 Å². The summed E-state index contributed by atoms with van der Waals surface area (Å²) in [7, 11) is 0. The van der Waals surface area contributed by atoms with Crippen molar-refractivity contribution in [2.75, 3.05) is 6.54 Å². The smallest absolute Gasteiger partial charge is 0.311 e. The van der Waals surface area contributed by atoms with Crippen LogP contribution in [-0.4, -0.2) is 23.5 Å². The summed E-state index contributed by atoms with van der Waals surface area (Å²) in [5.74, 6) is -0.829. The van der Waals surface area contributed by atoms with E-state index in [9.17, 15) is 14.7 Å². The molecular formula is C13H23NO3. The lowest BCUT2D eigenvalue weighted by Crippen LogP contribution is -2.45. The van der Waals surface area contributed by atoms with Gasteiger partial charge in [0.2, 0.25) is 5.91 Å². The Morgan fingerprint density at radius 2 is 1.88 bits per heavy atom. The molecule has 0 radical (unpaired) electrons. The highest BCUT2D eigenvalue weighted by molar-refractivity contribution is 5.80. The standard InChI is InChI=1S/C13H23NO3/c1-3-10(2)11(15)14-9-13(12(16)17)7-5-4-6-8-13/h10H,3-9H2,1-2H3,(H,14,15)(H,16,17). The Morgan fingerprint density at radius 3 is 2.35 bits per heavy atom. The molecule has 0 aliphatic heterocycles. The molecule has 2 N–H and O–H groups in total. The van der Waals surface area contributed by atoms with Crippen LogP contribution in [0, 0.1) is 11.3 Å². The van der Waals surface area contributed by atoms with Crippen LogP contribution in [0.25, 0.3) is 0 Å². The van der Waals surface area contributed by atoms with Crippen molar-refractivity contribution in [1.29, 1.82) is 0 Å². The van der Waals surface area contributed by atoms with Crippen LogP contribution in [0.2, 0.25) is 0 Å². The number of hydrogen-bond donors (Lipinski definition) is 2. The zero-order valence-corrected chi connectivity index (χ0v) is 10.8. The van der Waals surface area contributed by atoms with Crippen molar-refractivity contribution in [2.24, 2.45) is 11.3 Å². The molecule has 1 aliphatic carbocycles. The fraction of sp³-hybridized carbons (Fsp3) is 0.846. The van der Waals surface area contributed by atoms with Gasteiger partial charge in [0, 0.05) is 12.5 Å². The third kappa shape index (κ3) is 3.45. The summed E-state index contributed by atoms with van der Waals surface area (Å²) in [4.78, 5) is 23.1. The predicted octanol–water partition coefficient (Wildman–Crippen LogP) is 2.18. The van der Waals surface area contributed by atoms with Crippen LogP contribution in [0.1, 0.15) is 52.4 Å². The number of hydrogen-bond acceptors (Lipinski definition) is 2. The molecule has 0 heterocycles. The van der Waals surface area contributed by atoms with Crippen molar-refractivity contribution in [1.82, 2.24) is 5.32 Å². The number of carbonyl (C=O) groups excluding carboxylic acids is 1. The van der Waals surface area contributed by atoms with E-state index in [4.69, 9.17) is 0 Å². The summed E-state index contributed by atoms with van der Waals surface area (Å²) in [5, 5.41) is 12.2. The van der Waals surface area contributed by atoms with Crippen LogP contribution in [0.4, 0.5) is 0 Å². The molecule has 1 amide bonds. The molecule has 1 rings (SSSR count). The molecule has 0 aromatic heterocycles. The first-order chi connectivity index (χ1) is 8.02. The lowest BCUT2D eigenvalue weighted by molar-refractivity contribution is -0.151. The minimum atomic E-state index is -0.762. The fourth-order valence-electron chi connectivity index (χ4n) is 2.31. The number of carbonyl (C=O) groups is 2. The van der Waals surface area contributed by atoms with Gasteiger partial charge in [-0.1, -0.05) is 33.1 Å². The summed E-state index contributed by atoms with van der Waals surface area (Å²) in [6.45, 7) is 4.10. The average molecular weight is 241 g/mol. The molecular weight excluding hydrogens is 218 g/mol. The van der Waals surface area contributed by atoms with Crippen LogP contribution in [0.3, 0.4) is 0 Å². The highest BCUT2D eigenvalue weighted by Gasteiger charge is 2.39. The molecule has 1 fully saturated rings. The second kappa shape index (κ2) is 6.03. The minimum Gasteiger partial charge on any atom is -0.481 e. The van der Waals surface area contributed by atoms with Crippen molar-refractivity contribution in [3.05, 3.63) is 0 Å². The molecule has 1 unspecified atom stereocenters. The molecule has 4 heteroatoms. The Hall–Kier alpha value is -1.06. The quantitative estimate of drug-likeness (QED) is 0.775. The first kappa shape index (κ1) is 14.0. The van der Waals surface area contributed by atoms with E-state index < -0.39 is 11.4 Å². The van der Waals surface area contributed by atoms with Crippen molar-refractivity contribution < 1.29 is 14.7 Å². The largest absolute Gasteiger partial charge is 0.481 e. The van der Waals surface area contributed by atoms with E-state index in [-0.39, 0.29) is 18.4 Å². The summed E-state index contributed by atoms with van der Waals surface area (Å²) in [6.07, 6.45) is 5.16. The van der Waals surface area contributed by atoms with Gasteiger partial charge in [-0.05, 0) is 19.3 Å². The van der Waals surface area contributed by atoms with E-state index in [0.717, 1.165) is 25.7 Å². The fourth-order valence-corrected chi connectivity index (χ4v) is 2.31. The highest BCUT2D eigenvalue weighted by atomic mass is 16.4. The topological polar surface area (TPSA) is 66.4 Å². The van der Waals surface area contributed by atoms with Crippen LogP contribution in [0.5, 0.6) is 0 Å². The van der Waals surface area contributed by atoms with Gasteiger partial charge in [-0.25, -0.2) is 0 Å². The summed E-state index contributed by atoms with van der Waals surface area (Å²) in [5.41, 5.74) is -0.721. The maximum Gasteiger partial charge on any atom is 0.311 e. The van der Waals surface area contributed by atoms with Crippen molar-refractivity contribution in [2.45, 2.75) is 52.4 Å². The van der Waals surface area contributed by atoms with E-state index in [1.807, 2.05) is 13.8 Å². The summed E-state index contributed by atoms with van der Waals surface area (Å²) < 4.78 is 0. The Kier molecular flexibility index (Phi) is 4.97. The Bertz CT molecular complexity index is 282. The molecule has 0 bridgehead atoms. The van der Waals surface area contributed by atoms with Gasteiger partial charge in [0.05, 0.1) is 5.41 Å². The summed E-state index contributed by atoms with van der Waals surface area (Å²) >= 11 is 0. The van der Waals surface area contributed by atoms with Gasteiger partial charge >= 0.3 is 5.97 Å². The number of carboxylic acids is 1. The van der Waals surface area contributed by atoms with Crippen molar-refractivity contribution >= 4 is 11.9 Å². The van der Waals surface area contributed by atoms with E-state index in [1.165, 1.54) is 0 Å². The molecule has 0 aromatic rings. The summed E-state index contributed by atoms with van der Waals surface area (Å²) in [6, 6.07) is 0. The first-order valence-electron chi connectivity index (χ1n) is 6.53. The number of aliphatic carboxylic acids is 1. The Balaban J connectivity index is 2.56. The van der Waals surface area contributed by atoms with Gasteiger partial charge in [0.25, 0.3) is 0 Å². The zero-order valence-electron chi connectivity index (χ0n) is 10.8. The van der Waals surface area contributed by atoms with Crippen LogP contribution >= 0.6 is 0 Å². The monoisotopic (exact) mass is 241 g/mol. The van der Waals surface area contributed by atoms with Gasteiger partial charge < -0.3 is 10.4 Å². The van der Waals surface area contributed by atoms with Crippen molar-refractivity contribution in [3.63, 3.8) is 0 Å². The van der Waals surface area contributed by atoms with Crippen LogP contribution in [-0.2, 0) is 9.59 Å². The van der Waals surface area contributed by atoms with Gasteiger partial charge in [-0.2, -0.15) is 0 Å². The number of nitrogens with one attached hydrogen (secondary N) is 1. The van der Waals surface area contributed by atoms with Crippen LogP contribution < -0.4 is 5.32 Å². The maximum atomic E-state index is 11.7. The molecule has 0 aromatic carbocycles. The average Bonchev–Trinajstić information content (AvgIpc) is 2.35. The number of amides is 1. The van der Waals surface area contributed by atoms with Gasteiger partial charge in [0.1, 0.15) is 0 Å². The van der Waals surface area contributed by atoms with Crippen LogP contribution in [0.15, 0.2) is 0 Å². The molecule has 0 saturated heterocycles. The minimum absolute atomic E-state index is 0.0290. The second-order valence-electron chi connectivity index (χ2n) is 5.17. The first-order valence-corrected chi connectivity index (χ1v) is 6.53. The van der Waals surface area contributed by atoms with Gasteiger partial charge in [-0.3, -0.25) is 9.59 Å². The molecule has 1 aliphatic rings. The van der Waals surface area contributed by atoms with Crippen molar-refractivity contribution in [3.8, 4) is 0 Å². The van der Waals surface area contributed by atoms with E-state index >= 15 is 0 Å². The zero-order chi connectivity index (χ0) is 12.9. The van der Waals surface area contributed by atoms with Gasteiger partial charge in [0.15, 0.2) is 0 Å². The SMILES string of the molecule is CCC(C)C(=O)NCC1(C(=O)O)CCCCC1. The third-order valence-corrected chi connectivity index (χ3v) is 3.93. The number of carboxylic acid groups (broad SMARTS) is 1. The Labute approximate surface area is 103 Å². The highest BCUT2D eigenvalue weighted by Crippen LogP contribution is 2.36.